The Balaban J connectivity index is 1.91. The van der Waals surface area contributed by atoms with Crippen molar-refractivity contribution in [2.45, 2.75) is 31.5 Å². The summed E-state index contributed by atoms with van der Waals surface area (Å²) in [4.78, 5) is 15.8. The minimum absolute atomic E-state index is 0.0404. The molecule has 1 aliphatic carbocycles. The quantitative estimate of drug-likeness (QED) is 0.869. The van der Waals surface area contributed by atoms with Gasteiger partial charge >= 0.3 is 6.18 Å². The molecule has 2 atom stereocenters. The molecule has 5 nitrogen and oxygen atoms in total. The monoisotopic (exact) mass is 317 g/mol. The second kappa shape index (κ2) is 6.95. The Kier molecular flexibility index (Phi) is 5.23. The van der Waals surface area contributed by atoms with E-state index >= 15 is 0 Å². The predicted molar refractivity (Wildman–Crippen MR) is 73.4 cm³/mol. The van der Waals surface area contributed by atoms with Crippen molar-refractivity contribution in [3.63, 3.8) is 0 Å². The number of ether oxygens (including phenoxy) is 1. The van der Waals surface area contributed by atoms with Crippen LogP contribution in [0.3, 0.4) is 0 Å². The van der Waals surface area contributed by atoms with Crippen LogP contribution in [0.5, 0.6) is 5.88 Å². The van der Waals surface area contributed by atoms with Gasteiger partial charge in [-0.05, 0) is 31.4 Å². The molecule has 1 heterocycles. The standard InChI is InChI=1S/C14H18F3N3O2/c15-14(16,17)8-22-12-5-4-10(7-19-12)13(21)20-11-3-1-2-9(11)6-18/h4-5,7,9,11H,1-3,6,8,18H2,(H,20,21). The van der Waals surface area contributed by atoms with Crippen LogP contribution in [0.15, 0.2) is 18.3 Å². The van der Waals surface area contributed by atoms with Gasteiger partial charge in [0.1, 0.15) is 0 Å². The molecule has 1 amide bonds. The van der Waals surface area contributed by atoms with Gasteiger partial charge in [-0.1, -0.05) is 6.42 Å². The van der Waals surface area contributed by atoms with E-state index in [1.165, 1.54) is 18.3 Å². The molecule has 1 saturated carbocycles. The number of hydrogen-bond acceptors (Lipinski definition) is 4. The lowest BCUT2D eigenvalue weighted by Gasteiger charge is -2.19. The second-order valence-electron chi connectivity index (χ2n) is 5.30. The first kappa shape index (κ1) is 16.5. The number of aromatic nitrogens is 1. The smallest absolute Gasteiger partial charge is 0.422 e. The average molecular weight is 317 g/mol. The lowest BCUT2D eigenvalue weighted by molar-refractivity contribution is -0.154. The number of hydrogen-bond donors (Lipinski definition) is 2. The Morgan fingerprint density at radius 1 is 1.41 bits per heavy atom. The number of amides is 1. The lowest BCUT2D eigenvalue weighted by Crippen LogP contribution is -2.39. The van der Waals surface area contributed by atoms with Gasteiger partial charge in [0.15, 0.2) is 6.61 Å². The van der Waals surface area contributed by atoms with Crippen LogP contribution in [0, 0.1) is 5.92 Å². The van der Waals surface area contributed by atoms with E-state index in [1.807, 2.05) is 0 Å². The van der Waals surface area contributed by atoms with Gasteiger partial charge in [-0.25, -0.2) is 4.98 Å². The van der Waals surface area contributed by atoms with Crippen molar-refractivity contribution in [3.05, 3.63) is 23.9 Å². The molecule has 1 aliphatic rings. The minimum atomic E-state index is -4.42. The van der Waals surface area contributed by atoms with Crippen molar-refractivity contribution in [2.75, 3.05) is 13.2 Å². The van der Waals surface area contributed by atoms with Gasteiger partial charge in [-0.2, -0.15) is 13.2 Å². The molecule has 1 aromatic rings. The summed E-state index contributed by atoms with van der Waals surface area (Å²) in [6, 6.07) is 2.68. The molecule has 0 saturated heterocycles. The first-order chi connectivity index (χ1) is 10.4. The summed E-state index contributed by atoms with van der Waals surface area (Å²) in [5.74, 6) is -0.207. The number of carbonyl (C=O) groups excluding carboxylic acids is 1. The van der Waals surface area contributed by atoms with Crippen molar-refractivity contribution in [1.82, 2.24) is 10.3 Å². The van der Waals surface area contributed by atoms with E-state index in [9.17, 15) is 18.0 Å². The number of rotatable bonds is 5. The summed E-state index contributed by atoms with van der Waals surface area (Å²) in [6.07, 6.45) is -0.322. The van der Waals surface area contributed by atoms with Crippen molar-refractivity contribution < 1.29 is 22.7 Å². The Morgan fingerprint density at radius 2 is 2.18 bits per heavy atom. The zero-order valence-electron chi connectivity index (χ0n) is 11.9. The Labute approximate surface area is 126 Å². The third kappa shape index (κ3) is 4.59. The number of nitrogens with one attached hydrogen (secondary N) is 1. The molecule has 0 aliphatic heterocycles. The maximum Gasteiger partial charge on any atom is 0.422 e. The molecule has 3 N–H and O–H groups in total. The Bertz CT molecular complexity index is 505. The van der Waals surface area contributed by atoms with Crippen LogP contribution in [-0.4, -0.2) is 36.3 Å². The molecule has 22 heavy (non-hydrogen) atoms. The summed E-state index contributed by atoms with van der Waals surface area (Å²) in [6.45, 7) is -0.890. The van der Waals surface area contributed by atoms with Crippen LogP contribution in [0.1, 0.15) is 29.6 Å². The van der Waals surface area contributed by atoms with Crippen molar-refractivity contribution in [3.8, 4) is 5.88 Å². The van der Waals surface area contributed by atoms with Gasteiger partial charge in [0.05, 0.1) is 5.56 Å². The van der Waals surface area contributed by atoms with Gasteiger partial charge in [0.2, 0.25) is 5.88 Å². The number of carbonyl (C=O) groups is 1. The number of alkyl halides is 3. The van der Waals surface area contributed by atoms with Crippen LogP contribution in [0.4, 0.5) is 13.2 Å². The molecule has 122 valence electrons. The average Bonchev–Trinajstić information content (AvgIpc) is 2.92. The van der Waals surface area contributed by atoms with E-state index in [4.69, 9.17) is 5.73 Å². The largest absolute Gasteiger partial charge is 0.468 e. The Morgan fingerprint density at radius 3 is 2.77 bits per heavy atom. The highest BCUT2D eigenvalue weighted by Crippen LogP contribution is 2.25. The van der Waals surface area contributed by atoms with Crippen molar-refractivity contribution in [2.24, 2.45) is 11.7 Å². The normalized spacial score (nSPS) is 21.6. The van der Waals surface area contributed by atoms with E-state index in [2.05, 4.69) is 15.0 Å². The highest BCUT2D eigenvalue weighted by atomic mass is 19.4. The fourth-order valence-electron chi connectivity index (χ4n) is 2.52. The van der Waals surface area contributed by atoms with E-state index < -0.39 is 12.8 Å². The number of halogens is 3. The minimum Gasteiger partial charge on any atom is -0.468 e. The molecule has 0 spiro atoms. The molecule has 0 aromatic carbocycles. The molecule has 0 bridgehead atoms. The number of nitrogens with zero attached hydrogens (tertiary/aromatic N) is 1. The zero-order valence-corrected chi connectivity index (χ0v) is 11.9. The molecule has 2 rings (SSSR count). The first-order valence-corrected chi connectivity index (χ1v) is 7.05. The van der Waals surface area contributed by atoms with Crippen LogP contribution in [-0.2, 0) is 0 Å². The summed E-state index contributed by atoms with van der Waals surface area (Å²) in [5.41, 5.74) is 5.93. The van der Waals surface area contributed by atoms with Crippen LogP contribution in [0.25, 0.3) is 0 Å². The van der Waals surface area contributed by atoms with Crippen LogP contribution < -0.4 is 15.8 Å². The fourth-order valence-corrected chi connectivity index (χ4v) is 2.52. The van der Waals surface area contributed by atoms with Gasteiger partial charge < -0.3 is 15.8 Å². The van der Waals surface area contributed by atoms with Gasteiger partial charge in [-0.15, -0.1) is 0 Å². The highest BCUT2D eigenvalue weighted by molar-refractivity contribution is 5.94. The van der Waals surface area contributed by atoms with E-state index in [0.29, 0.717) is 6.54 Å². The Hall–Kier alpha value is -1.83. The lowest BCUT2D eigenvalue weighted by atomic mass is 10.0. The van der Waals surface area contributed by atoms with E-state index in [1.54, 1.807) is 0 Å². The van der Waals surface area contributed by atoms with Gasteiger partial charge in [0.25, 0.3) is 5.91 Å². The SMILES string of the molecule is NCC1CCCC1NC(=O)c1ccc(OCC(F)(F)F)nc1. The number of nitrogens with two attached hydrogens (primary N) is 1. The molecule has 1 aromatic heterocycles. The molecular weight excluding hydrogens is 299 g/mol. The molecular formula is C14H18F3N3O2. The van der Waals surface area contributed by atoms with Crippen molar-refractivity contribution in [1.29, 1.82) is 0 Å². The number of pyridine rings is 1. The van der Waals surface area contributed by atoms with Gasteiger partial charge in [-0.3, -0.25) is 4.79 Å². The zero-order chi connectivity index (χ0) is 16.2. The highest BCUT2D eigenvalue weighted by Gasteiger charge is 2.29. The first-order valence-electron chi connectivity index (χ1n) is 7.05. The van der Waals surface area contributed by atoms with Crippen molar-refractivity contribution >= 4 is 5.91 Å². The summed E-state index contributed by atoms with van der Waals surface area (Å²) < 4.78 is 40.5. The van der Waals surface area contributed by atoms with Crippen LogP contribution in [0.2, 0.25) is 0 Å². The summed E-state index contributed by atoms with van der Waals surface area (Å²) in [5, 5.41) is 2.89. The van der Waals surface area contributed by atoms with Gasteiger partial charge in [0, 0.05) is 18.3 Å². The maximum atomic E-state index is 12.1. The predicted octanol–water partition coefficient (Wildman–Crippen LogP) is 1.88. The maximum absolute atomic E-state index is 12.1. The summed E-state index contributed by atoms with van der Waals surface area (Å²) >= 11 is 0. The van der Waals surface area contributed by atoms with Crippen LogP contribution >= 0.6 is 0 Å². The molecule has 2 unspecified atom stereocenters. The molecule has 1 fully saturated rings. The van der Waals surface area contributed by atoms with E-state index in [-0.39, 0.29) is 29.3 Å². The second-order valence-corrected chi connectivity index (χ2v) is 5.30. The topological polar surface area (TPSA) is 77.2 Å². The third-order valence-corrected chi connectivity index (χ3v) is 3.66. The third-order valence-electron chi connectivity index (χ3n) is 3.66. The van der Waals surface area contributed by atoms with E-state index in [0.717, 1.165) is 19.3 Å². The summed E-state index contributed by atoms with van der Waals surface area (Å²) in [7, 11) is 0. The molecule has 8 heteroatoms. The fraction of sp³-hybridized carbons (Fsp3) is 0.571. The molecule has 0 radical (unpaired) electrons.